The minimum atomic E-state index is -0.650. The number of ether oxygens (including phenoxy) is 1. The van der Waals surface area contributed by atoms with Crippen LogP contribution in [0.4, 0.5) is 4.39 Å². The second kappa shape index (κ2) is 8.24. The molecular formula is C16H14ClFN2O3. The third-order valence-electron chi connectivity index (χ3n) is 2.95. The number of rotatable bonds is 6. The fraction of sp³-hybridized carbons (Fsp3) is 0.188. The number of hydrogen-bond donors (Lipinski definition) is 1. The SMILES string of the molecule is O=C(COC(=O)c1ccnc(Cl)c1)NCCc1ccc(F)cc1. The normalized spacial score (nSPS) is 10.2. The summed E-state index contributed by atoms with van der Waals surface area (Å²) in [6.45, 7) is -0.0225. The van der Waals surface area contributed by atoms with Crippen molar-refractivity contribution in [3.63, 3.8) is 0 Å². The quantitative estimate of drug-likeness (QED) is 0.649. The molecule has 1 N–H and O–H groups in total. The largest absolute Gasteiger partial charge is 0.452 e. The van der Waals surface area contributed by atoms with Gasteiger partial charge in [0.15, 0.2) is 6.61 Å². The van der Waals surface area contributed by atoms with E-state index in [-0.39, 0.29) is 23.1 Å². The van der Waals surface area contributed by atoms with E-state index in [4.69, 9.17) is 16.3 Å². The standard InChI is InChI=1S/C16H14ClFN2O3/c17-14-9-12(6-8-19-14)16(22)23-10-15(21)20-7-5-11-1-3-13(18)4-2-11/h1-4,6,8-9H,5,7,10H2,(H,20,21). The molecule has 0 radical (unpaired) electrons. The molecule has 1 aromatic heterocycles. The van der Waals surface area contributed by atoms with Crippen LogP contribution in [0.3, 0.4) is 0 Å². The number of amides is 1. The van der Waals surface area contributed by atoms with Gasteiger partial charge in [0.25, 0.3) is 5.91 Å². The molecule has 0 bridgehead atoms. The predicted octanol–water partition coefficient (Wildman–Crippen LogP) is 2.39. The number of nitrogens with zero attached hydrogens (tertiary/aromatic N) is 1. The molecule has 0 saturated carbocycles. The van der Waals surface area contributed by atoms with Crippen molar-refractivity contribution >= 4 is 23.5 Å². The van der Waals surface area contributed by atoms with Crippen molar-refractivity contribution in [2.45, 2.75) is 6.42 Å². The molecule has 1 heterocycles. The van der Waals surface area contributed by atoms with Crippen LogP contribution in [0, 0.1) is 5.82 Å². The van der Waals surface area contributed by atoms with Crippen molar-refractivity contribution in [1.29, 1.82) is 0 Å². The summed E-state index contributed by atoms with van der Waals surface area (Å²) in [6.07, 6.45) is 1.93. The lowest BCUT2D eigenvalue weighted by Gasteiger charge is -2.07. The first-order valence-electron chi connectivity index (χ1n) is 6.84. The van der Waals surface area contributed by atoms with Crippen LogP contribution in [-0.2, 0) is 16.0 Å². The Kier molecular flexibility index (Phi) is 6.05. The van der Waals surface area contributed by atoms with Crippen LogP contribution in [0.1, 0.15) is 15.9 Å². The van der Waals surface area contributed by atoms with Gasteiger partial charge < -0.3 is 10.1 Å². The Bertz CT molecular complexity index is 692. The summed E-state index contributed by atoms with van der Waals surface area (Å²) < 4.78 is 17.6. The molecule has 0 spiro atoms. The summed E-state index contributed by atoms with van der Waals surface area (Å²) in [5.74, 6) is -1.37. The van der Waals surface area contributed by atoms with Gasteiger partial charge >= 0.3 is 5.97 Å². The summed E-state index contributed by atoms with van der Waals surface area (Å²) in [6, 6.07) is 8.82. The number of hydrogen-bond acceptors (Lipinski definition) is 4. The third kappa shape index (κ3) is 5.67. The Morgan fingerprint density at radius 1 is 1.22 bits per heavy atom. The molecule has 2 rings (SSSR count). The summed E-state index contributed by atoms with van der Waals surface area (Å²) in [4.78, 5) is 27.1. The maximum atomic E-state index is 12.7. The fourth-order valence-corrected chi connectivity index (χ4v) is 1.97. The minimum absolute atomic E-state index is 0.170. The Morgan fingerprint density at radius 2 is 1.96 bits per heavy atom. The van der Waals surface area contributed by atoms with E-state index in [1.807, 2.05) is 0 Å². The molecule has 0 unspecified atom stereocenters. The molecule has 1 amide bonds. The highest BCUT2D eigenvalue weighted by atomic mass is 35.5. The topological polar surface area (TPSA) is 68.3 Å². The zero-order valence-corrected chi connectivity index (χ0v) is 12.8. The first-order valence-corrected chi connectivity index (χ1v) is 7.22. The van der Waals surface area contributed by atoms with Gasteiger partial charge in [0, 0.05) is 12.7 Å². The molecule has 23 heavy (non-hydrogen) atoms. The maximum absolute atomic E-state index is 12.7. The highest BCUT2D eigenvalue weighted by Gasteiger charge is 2.10. The molecule has 0 aliphatic rings. The van der Waals surface area contributed by atoms with Crippen LogP contribution >= 0.6 is 11.6 Å². The molecule has 0 aliphatic carbocycles. The number of esters is 1. The van der Waals surface area contributed by atoms with Gasteiger partial charge in [-0.1, -0.05) is 23.7 Å². The average Bonchev–Trinajstić information content (AvgIpc) is 2.54. The van der Waals surface area contributed by atoms with E-state index in [1.165, 1.54) is 30.5 Å². The van der Waals surface area contributed by atoms with E-state index < -0.39 is 11.9 Å². The summed E-state index contributed by atoms with van der Waals surface area (Å²) >= 11 is 5.67. The van der Waals surface area contributed by atoms with Crippen LogP contribution in [0.5, 0.6) is 0 Å². The number of carbonyl (C=O) groups is 2. The molecule has 2 aromatic rings. The predicted molar refractivity (Wildman–Crippen MR) is 82.6 cm³/mol. The highest BCUT2D eigenvalue weighted by molar-refractivity contribution is 6.29. The number of halogens is 2. The van der Waals surface area contributed by atoms with Crippen molar-refractivity contribution in [2.24, 2.45) is 0 Å². The van der Waals surface area contributed by atoms with E-state index in [9.17, 15) is 14.0 Å². The molecule has 0 aliphatic heterocycles. The molecule has 5 nitrogen and oxygen atoms in total. The van der Waals surface area contributed by atoms with Gasteiger partial charge in [-0.3, -0.25) is 4.79 Å². The zero-order valence-electron chi connectivity index (χ0n) is 12.1. The lowest BCUT2D eigenvalue weighted by molar-refractivity contribution is -0.124. The molecule has 0 atom stereocenters. The van der Waals surface area contributed by atoms with Crippen LogP contribution in [0.2, 0.25) is 5.15 Å². The zero-order chi connectivity index (χ0) is 16.7. The van der Waals surface area contributed by atoms with Crippen molar-refractivity contribution in [1.82, 2.24) is 10.3 Å². The summed E-state index contributed by atoms with van der Waals surface area (Å²) in [7, 11) is 0. The van der Waals surface area contributed by atoms with Crippen LogP contribution in [0.25, 0.3) is 0 Å². The van der Waals surface area contributed by atoms with Gasteiger partial charge in [-0.2, -0.15) is 0 Å². The van der Waals surface area contributed by atoms with Gasteiger partial charge in [0.05, 0.1) is 5.56 Å². The first kappa shape index (κ1) is 16.9. The van der Waals surface area contributed by atoms with Gasteiger partial charge in [0.1, 0.15) is 11.0 Å². The average molecular weight is 337 g/mol. The van der Waals surface area contributed by atoms with Crippen LogP contribution < -0.4 is 5.32 Å². The van der Waals surface area contributed by atoms with E-state index in [1.54, 1.807) is 12.1 Å². The second-order valence-corrected chi connectivity index (χ2v) is 5.06. The number of carbonyl (C=O) groups excluding carboxylic acids is 2. The van der Waals surface area contributed by atoms with E-state index in [2.05, 4.69) is 10.3 Å². The van der Waals surface area contributed by atoms with E-state index in [0.29, 0.717) is 13.0 Å². The molecule has 120 valence electrons. The Hall–Kier alpha value is -2.47. The fourth-order valence-electron chi connectivity index (χ4n) is 1.79. The van der Waals surface area contributed by atoms with Gasteiger partial charge in [-0.15, -0.1) is 0 Å². The van der Waals surface area contributed by atoms with Crippen LogP contribution in [0.15, 0.2) is 42.6 Å². The van der Waals surface area contributed by atoms with Crippen LogP contribution in [-0.4, -0.2) is 30.0 Å². The Morgan fingerprint density at radius 3 is 2.65 bits per heavy atom. The molecule has 1 aromatic carbocycles. The summed E-state index contributed by atoms with van der Waals surface area (Å²) in [5.41, 5.74) is 1.12. The lowest BCUT2D eigenvalue weighted by Crippen LogP contribution is -2.30. The second-order valence-electron chi connectivity index (χ2n) is 4.67. The van der Waals surface area contributed by atoms with Gasteiger partial charge in [-0.25, -0.2) is 14.2 Å². The maximum Gasteiger partial charge on any atom is 0.338 e. The molecule has 0 fully saturated rings. The van der Waals surface area contributed by atoms with E-state index in [0.717, 1.165) is 5.56 Å². The molecule has 0 saturated heterocycles. The molecule has 7 heteroatoms. The molecular weight excluding hydrogens is 323 g/mol. The Labute approximate surface area is 137 Å². The number of nitrogens with one attached hydrogen (secondary N) is 1. The summed E-state index contributed by atoms with van der Waals surface area (Å²) in [5, 5.41) is 2.79. The minimum Gasteiger partial charge on any atom is -0.452 e. The highest BCUT2D eigenvalue weighted by Crippen LogP contribution is 2.08. The first-order chi connectivity index (χ1) is 11.0. The number of benzene rings is 1. The number of pyridine rings is 1. The van der Waals surface area contributed by atoms with Crippen molar-refractivity contribution in [3.8, 4) is 0 Å². The van der Waals surface area contributed by atoms with Gasteiger partial charge in [-0.05, 0) is 36.2 Å². The Balaban J connectivity index is 1.70. The lowest BCUT2D eigenvalue weighted by atomic mass is 10.1. The third-order valence-corrected chi connectivity index (χ3v) is 3.15. The van der Waals surface area contributed by atoms with Crippen molar-refractivity contribution < 1.29 is 18.7 Å². The van der Waals surface area contributed by atoms with Gasteiger partial charge in [0.2, 0.25) is 0 Å². The monoisotopic (exact) mass is 336 g/mol. The van der Waals surface area contributed by atoms with E-state index >= 15 is 0 Å². The van der Waals surface area contributed by atoms with Crippen molar-refractivity contribution in [2.75, 3.05) is 13.2 Å². The smallest absolute Gasteiger partial charge is 0.338 e. The number of aromatic nitrogens is 1. The van der Waals surface area contributed by atoms with Crippen molar-refractivity contribution in [3.05, 3.63) is 64.7 Å².